The van der Waals surface area contributed by atoms with Crippen LogP contribution in [0.15, 0.2) is 52.3 Å². The lowest BCUT2D eigenvalue weighted by Crippen LogP contribution is -2.29. The third-order valence-corrected chi connectivity index (χ3v) is 9.46. The number of halogens is 3. The third kappa shape index (κ3) is 12.1. The molecule has 0 unspecified atom stereocenters. The van der Waals surface area contributed by atoms with Gasteiger partial charge < -0.3 is 10.0 Å². The van der Waals surface area contributed by atoms with E-state index in [2.05, 4.69) is 42.1 Å². The van der Waals surface area contributed by atoms with Gasteiger partial charge in [0.2, 0.25) is 0 Å². The van der Waals surface area contributed by atoms with E-state index in [9.17, 15) is 18.0 Å². The Morgan fingerprint density at radius 3 is 2.14 bits per heavy atom. The van der Waals surface area contributed by atoms with E-state index < -0.39 is 17.7 Å². The van der Waals surface area contributed by atoms with Crippen LogP contribution in [0.2, 0.25) is 0 Å². The number of alkyl halides is 3. The summed E-state index contributed by atoms with van der Waals surface area (Å²) < 4.78 is 37.9. The summed E-state index contributed by atoms with van der Waals surface area (Å²) >= 11 is 9.85. The number of carboxylic acid groups (broad SMARTS) is 1. The van der Waals surface area contributed by atoms with E-state index in [-0.39, 0.29) is 5.69 Å². The summed E-state index contributed by atoms with van der Waals surface area (Å²) in [7, 11) is 0. The van der Waals surface area contributed by atoms with Crippen molar-refractivity contribution in [2.24, 2.45) is 0 Å². The number of aromatic carboxylic acids is 1. The largest absolute Gasteiger partial charge is 0.476 e. The predicted molar refractivity (Wildman–Crippen MR) is 176 cm³/mol. The second-order valence-corrected chi connectivity index (χ2v) is 13.3. The molecule has 0 atom stereocenters. The number of thiazole rings is 1. The molecule has 4 nitrogen and oxygen atoms in total. The summed E-state index contributed by atoms with van der Waals surface area (Å²) in [4.78, 5) is 19.8. The van der Waals surface area contributed by atoms with E-state index in [1.54, 1.807) is 31.2 Å². The van der Waals surface area contributed by atoms with Crippen molar-refractivity contribution < 1.29 is 23.1 Å². The second kappa shape index (κ2) is 17.5. The number of unbranched alkanes of at least 4 members (excludes halogenated alkanes) is 7. The van der Waals surface area contributed by atoms with Crippen molar-refractivity contribution in [1.29, 1.82) is 0 Å². The molecule has 10 heteroatoms. The molecule has 0 radical (unpaired) electrons. The number of hydrogen-bond donors (Lipinski definition) is 3. The monoisotopic (exact) mass is 652 g/mol. The summed E-state index contributed by atoms with van der Waals surface area (Å²) in [6, 6.07) is 11.8. The molecule has 1 N–H and O–H groups in total. The van der Waals surface area contributed by atoms with Gasteiger partial charge in [0.05, 0.1) is 15.4 Å². The van der Waals surface area contributed by atoms with Crippen molar-refractivity contribution >= 4 is 42.6 Å². The highest BCUT2D eigenvalue weighted by atomic mass is 32.1. The first-order valence-electron chi connectivity index (χ1n) is 15.1. The molecular formula is C33H43F3N2O2S3. The van der Waals surface area contributed by atoms with E-state index in [4.69, 9.17) is 5.11 Å². The molecule has 1 aliphatic rings. The minimum Gasteiger partial charge on any atom is -0.476 e. The third-order valence-electron chi connectivity index (χ3n) is 7.51. The molecule has 1 aliphatic carbocycles. The van der Waals surface area contributed by atoms with Gasteiger partial charge in [-0.15, -0.1) is 36.6 Å². The number of carboxylic acids is 1. The molecule has 43 heavy (non-hydrogen) atoms. The Morgan fingerprint density at radius 1 is 0.953 bits per heavy atom. The average Bonchev–Trinajstić information content (AvgIpc) is 3.73. The van der Waals surface area contributed by atoms with E-state index in [0.29, 0.717) is 15.8 Å². The molecule has 0 saturated heterocycles. The van der Waals surface area contributed by atoms with E-state index >= 15 is 0 Å². The van der Waals surface area contributed by atoms with Crippen LogP contribution in [0.3, 0.4) is 0 Å². The molecular weight excluding hydrogens is 610 g/mol. The van der Waals surface area contributed by atoms with Gasteiger partial charge in [-0.1, -0.05) is 70.1 Å². The van der Waals surface area contributed by atoms with E-state index in [1.807, 2.05) is 6.07 Å². The molecule has 236 valence electrons. The Balaban J connectivity index is 0.000000257. The second-order valence-electron chi connectivity index (χ2n) is 11.1. The van der Waals surface area contributed by atoms with Gasteiger partial charge in [-0.2, -0.15) is 13.2 Å². The van der Waals surface area contributed by atoms with Crippen LogP contribution >= 0.6 is 36.6 Å². The van der Waals surface area contributed by atoms with Gasteiger partial charge in [0.25, 0.3) is 0 Å². The fourth-order valence-corrected chi connectivity index (χ4v) is 6.19. The average molecular weight is 653 g/mol. The van der Waals surface area contributed by atoms with Gasteiger partial charge in [0, 0.05) is 22.4 Å². The highest BCUT2D eigenvalue weighted by Gasteiger charge is 2.30. The standard InChI is InChI=1S/C22H34F3N.C11H9NO2S3/c1-2-3-4-5-6-7-8-9-17-26(21-14-15-21)18-16-19-10-12-20(13-11-19)22(23,24)25;1-5-12-9(11(13)14)10(17-5)6-2-3-7(15)8(16)4-6/h10-13,21H,2-9,14-18H2,1H3;2-4,15-16H,1H3,(H,13,14). The van der Waals surface area contributed by atoms with Gasteiger partial charge in [0.15, 0.2) is 5.69 Å². The fourth-order valence-electron chi connectivity index (χ4n) is 4.93. The Kier molecular flexibility index (Phi) is 14.4. The van der Waals surface area contributed by atoms with Crippen molar-refractivity contribution in [3.63, 3.8) is 0 Å². The predicted octanol–water partition coefficient (Wildman–Crippen LogP) is 10.2. The fraction of sp³-hybridized carbons (Fsp3) is 0.515. The number of benzene rings is 2. The molecule has 4 rings (SSSR count). The normalized spacial score (nSPS) is 13.2. The molecule has 0 amide bonds. The Labute approximate surface area is 268 Å². The number of thiol groups is 2. The van der Waals surface area contributed by atoms with E-state index in [0.717, 1.165) is 40.5 Å². The number of aromatic nitrogens is 1. The molecule has 0 spiro atoms. The lowest BCUT2D eigenvalue weighted by molar-refractivity contribution is -0.137. The lowest BCUT2D eigenvalue weighted by Gasteiger charge is -2.22. The highest BCUT2D eigenvalue weighted by molar-refractivity contribution is 7.83. The quantitative estimate of drug-likeness (QED) is 0.113. The van der Waals surface area contributed by atoms with Crippen LogP contribution in [-0.4, -0.2) is 40.1 Å². The first-order valence-corrected chi connectivity index (χ1v) is 16.8. The van der Waals surface area contributed by atoms with Gasteiger partial charge in [-0.25, -0.2) is 9.78 Å². The number of carbonyl (C=O) groups is 1. The molecule has 1 saturated carbocycles. The highest BCUT2D eigenvalue weighted by Crippen LogP contribution is 2.33. The molecule has 1 fully saturated rings. The van der Waals surface area contributed by atoms with Gasteiger partial charge in [-0.05, 0) is 74.5 Å². The molecule has 2 aromatic carbocycles. The first-order chi connectivity index (χ1) is 20.5. The van der Waals surface area contributed by atoms with Crippen LogP contribution < -0.4 is 0 Å². The molecule has 1 heterocycles. The molecule has 3 aromatic rings. The van der Waals surface area contributed by atoms with Crippen LogP contribution in [0.5, 0.6) is 0 Å². The van der Waals surface area contributed by atoms with Crippen LogP contribution in [0.25, 0.3) is 10.4 Å². The van der Waals surface area contributed by atoms with Crippen molar-refractivity contribution in [2.45, 2.75) is 106 Å². The lowest BCUT2D eigenvalue weighted by atomic mass is 10.1. The Hall–Kier alpha value is -2.01. The maximum Gasteiger partial charge on any atom is 0.416 e. The maximum atomic E-state index is 12.6. The number of rotatable bonds is 15. The SMILES string of the molecule is CCCCCCCCCCN(CCc1ccc(C(F)(F)F)cc1)C1CC1.Cc1nc(C(=O)O)c(-c2ccc(S)c(S)c2)s1. The van der Waals surface area contributed by atoms with Gasteiger partial charge >= 0.3 is 12.1 Å². The zero-order chi connectivity index (χ0) is 31.4. The first kappa shape index (κ1) is 35.5. The van der Waals surface area contributed by atoms with Gasteiger partial charge in [-0.3, -0.25) is 0 Å². The van der Waals surface area contributed by atoms with Gasteiger partial charge in [0.1, 0.15) is 0 Å². The zero-order valence-corrected chi connectivity index (χ0v) is 27.6. The van der Waals surface area contributed by atoms with Crippen LogP contribution in [-0.2, 0) is 12.6 Å². The van der Waals surface area contributed by atoms with Crippen molar-refractivity contribution in [2.75, 3.05) is 13.1 Å². The number of hydrogen-bond acceptors (Lipinski definition) is 6. The Bertz CT molecular complexity index is 1290. The van der Waals surface area contributed by atoms with Crippen LogP contribution in [0.1, 0.15) is 97.8 Å². The maximum absolute atomic E-state index is 12.6. The topological polar surface area (TPSA) is 53.4 Å². The summed E-state index contributed by atoms with van der Waals surface area (Å²) in [5.74, 6) is -1.01. The van der Waals surface area contributed by atoms with E-state index in [1.165, 1.54) is 87.7 Å². The summed E-state index contributed by atoms with van der Waals surface area (Å²) in [5.41, 5.74) is 1.33. The van der Waals surface area contributed by atoms with Crippen molar-refractivity contribution in [3.05, 3.63) is 64.3 Å². The summed E-state index contributed by atoms with van der Waals surface area (Å²) in [6.45, 7) is 6.14. The smallest absolute Gasteiger partial charge is 0.416 e. The van der Waals surface area contributed by atoms with Crippen LogP contribution in [0, 0.1) is 6.92 Å². The molecule has 1 aromatic heterocycles. The summed E-state index contributed by atoms with van der Waals surface area (Å²) in [5, 5.41) is 9.80. The minimum absolute atomic E-state index is 0.0900. The van der Waals surface area contributed by atoms with Crippen molar-refractivity contribution in [1.82, 2.24) is 9.88 Å². The Morgan fingerprint density at radius 2 is 1.58 bits per heavy atom. The molecule has 0 bridgehead atoms. The summed E-state index contributed by atoms with van der Waals surface area (Å²) in [6.07, 6.45) is 9.80. The van der Waals surface area contributed by atoms with Crippen LogP contribution in [0.4, 0.5) is 13.2 Å². The zero-order valence-electron chi connectivity index (χ0n) is 25.0. The number of nitrogens with zero attached hydrogens (tertiary/aromatic N) is 2. The minimum atomic E-state index is -4.24. The van der Waals surface area contributed by atoms with Crippen molar-refractivity contribution in [3.8, 4) is 10.4 Å². The number of aryl methyl sites for hydroxylation is 1. The molecule has 0 aliphatic heterocycles.